The van der Waals surface area contributed by atoms with Crippen molar-refractivity contribution in [2.24, 2.45) is 0 Å². The summed E-state index contributed by atoms with van der Waals surface area (Å²) in [5.74, 6) is -0.124. The lowest BCUT2D eigenvalue weighted by atomic mass is 10.2. The molecule has 0 saturated carbocycles. The van der Waals surface area contributed by atoms with Gasteiger partial charge >= 0.3 is 5.97 Å². The summed E-state index contributed by atoms with van der Waals surface area (Å²) in [6.07, 6.45) is 1.31. The predicted octanol–water partition coefficient (Wildman–Crippen LogP) is 2.54. The molecule has 9 heteroatoms. The van der Waals surface area contributed by atoms with E-state index in [9.17, 15) is 14.4 Å². The molecule has 0 unspecified atom stereocenters. The molecule has 1 amide bonds. The largest absolute Gasteiger partial charge is 0.493 e. The fraction of sp³-hybridized carbons (Fsp3) is 0.273. The molecule has 0 radical (unpaired) electrons. The highest BCUT2D eigenvalue weighted by atomic mass is 16.5. The molecule has 0 aliphatic heterocycles. The van der Waals surface area contributed by atoms with Crippen LogP contribution in [0.5, 0.6) is 11.5 Å². The number of nitrogens with one attached hydrogen (secondary N) is 1. The number of aryl methyl sites for hydroxylation is 1. The second kappa shape index (κ2) is 9.29. The normalized spacial score (nSPS) is 10.6. The molecule has 2 aromatic heterocycles. The number of amides is 1. The summed E-state index contributed by atoms with van der Waals surface area (Å²) in [5, 5.41) is 3.00. The van der Waals surface area contributed by atoms with Gasteiger partial charge in [-0.3, -0.25) is 9.59 Å². The summed E-state index contributed by atoms with van der Waals surface area (Å²) in [6.45, 7) is 3.38. The van der Waals surface area contributed by atoms with E-state index in [1.165, 1.54) is 25.0 Å². The van der Waals surface area contributed by atoms with Crippen molar-refractivity contribution in [3.8, 4) is 11.5 Å². The van der Waals surface area contributed by atoms with Gasteiger partial charge in [0.15, 0.2) is 11.5 Å². The predicted molar refractivity (Wildman–Crippen MR) is 115 cm³/mol. The Hall–Kier alpha value is -3.88. The van der Waals surface area contributed by atoms with Crippen molar-refractivity contribution in [1.82, 2.24) is 9.55 Å². The molecule has 0 fully saturated rings. The number of esters is 1. The second-order valence-electron chi connectivity index (χ2n) is 6.66. The molecule has 0 atom stereocenters. The third kappa shape index (κ3) is 4.66. The van der Waals surface area contributed by atoms with Crippen LogP contribution in [-0.2, 0) is 16.1 Å². The minimum Gasteiger partial charge on any atom is -0.493 e. The number of aromatic nitrogens is 2. The Labute approximate surface area is 178 Å². The number of anilines is 1. The van der Waals surface area contributed by atoms with Crippen molar-refractivity contribution in [3.63, 3.8) is 0 Å². The van der Waals surface area contributed by atoms with Crippen LogP contribution in [-0.4, -0.2) is 42.3 Å². The van der Waals surface area contributed by atoms with Crippen molar-refractivity contribution in [3.05, 3.63) is 58.0 Å². The molecule has 0 aliphatic carbocycles. The zero-order chi connectivity index (χ0) is 22.5. The zero-order valence-corrected chi connectivity index (χ0v) is 17.7. The molecule has 0 aliphatic rings. The van der Waals surface area contributed by atoms with Crippen molar-refractivity contribution in [1.29, 1.82) is 0 Å². The Morgan fingerprint density at radius 1 is 1.10 bits per heavy atom. The number of fused-ring (bicyclic) bond motifs is 1. The van der Waals surface area contributed by atoms with E-state index in [-0.39, 0.29) is 30.0 Å². The molecule has 1 aromatic carbocycles. The van der Waals surface area contributed by atoms with Crippen LogP contribution >= 0.6 is 0 Å². The first kappa shape index (κ1) is 21.8. The van der Waals surface area contributed by atoms with E-state index in [0.717, 1.165) is 0 Å². The Bertz CT molecular complexity index is 1200. The van der Waals surface area contributed by atoms with Crippen molar-refractivity contribution in [2.75, 3.05) is 26.1 Å². The maximum absolute atomic E-state index is 12.7. The van der Waals surface area contributed by atoms with E-state index < -0.39 is 11.4 Å². The maximum Gasteiger partial charge on any atom is 0.343 e. The second-order valence-corrected chi connectivity index (χ2v) is 6.66. The molecule has 31 heavy (non-hydrogen) atoms. The maximum atomic E-state index is 12.7. The lowest BCUT2D eigenvalue weighted by Crippen LogP contribution is -2.25. The summed E-state index contributed by atoms with van der Waals surface area (Å²) >= 11 is 0. The lowest BCUT2D eigenvalue weighted by molar-refractivity contribution is -0.116. The number of ether oxygens (including phenoxy) is 3. The first-order chi connectivity index (χ1) is 14.9. The van der Waals surface area contributed by atoms with Gasteiger partial charge in [0.05, 0.1) is 26.2 Å². The third-order valence-electron chi connectivity index (χ3n) is 4.54. The standard InChI is InChI=1S/C22H23N3O6/c1-5-31-22(28)16-11-25(21-15(20(16)27)8-6-13(2)23-21)12-19(26)24-14-7-9-17(29-3)18(10-14)30-4/h6-11H,5,12H2,1-4H3,(H,24,26). The number of benzene rings is 1. The van der Waals surface area contributed by atoms with Gasteiger partial charge in [0, 0.05) is 23.6 Å². The summed E-state index contributed by atoms with van der Waals surface area (Å²) in [6, 6.07) is 8.24. The van der Waals surface area contributed by atoms with Crippen LogP contribution in [0.15, 0.2) is 41.3 Å². The van der Waals surface area contributed by atoms with E-state index in [0.29, 0.717) is 28.5 Å². The number of methoxy groups -OCH3 is 2. The van der Waals surface area contributed by atoms with E-state index in [4.69, 9.17) is 14.2 Å². The lowest BCUT2D eigenvalue weighted by Gasteiger charge is -2.14. The van der Waals surface area contributed by atoms with Crippen molar-refractivity contribution in [2.45, 2.75) is 20.4 Å². The fourth-order valence-electron chi connectivity index (χ4n) is 3.10. The summed E-state index contributed by atoms with van der Waals surface area (Å²) in [4.78, 5) is 42.1. The molecule has 0 saturated heterocycles. The third-order valence-corrected chi connectivity index (χ3v) is 4.54. The zero-order valence-electron chi connectivity index (χ0n) is 17.7. The van der Waals surface area contributed by atoms with Crippen LogP contribution in [0.4, 0.5) is 5.69 Å². The van der Waals surface area contributed by atoms with Crippen molar-refractivity contribution < 1.29 is 23.8 Å². The number of carbonyl (C=O) groups excluding carboxylic acids is 2. The van der Waals surface area contributed by atoms with E-state index in [1.54, 1.807) is 44.2 Å². The van der Waals surface area contributed by atoms with Gasteiger partial charge < -0.3 is 24.1 Å². The molecule has 9 nitrogen and oxygen atoms in total. The molecule has 0 bridgehead atoms. The Morgan fingerprint density at radius 3 is 2.52 bits per heavy atom. The van der Waals surface area contributed by atoms with Gasteiger partial charge in [-0.15, -0.1) is 0 Å². The molecular weight excluding hydrogens is 402 g/mol. The number of hydrogen-bond acceptors (Lipinski definition) is 7. The highest BCUT2D eigenvalue weighted by Gasteiger charge is 2.19. The molecular formula is C22H23N3O6. The number of rotatable bonds is 7. The topological polar surface area (TPSA) is 109 Å². The Balaban J connectivity index is 1.97. The van der Waals surface area contributed by atoms with Crippen LogP contribution in [0.2, 0.25) is 0 Å². The number of hydrogen-bond donors (Lipinski definition) is 1. The van der Waals surface area contributed by atoms with E-state index in [2.05, 4.69) is 10.3 Å². The van der Waals surface area contributed by atoms with Gasteiger partial charge in [-0.1, -0.05) is 0 Å². The number of carbonyl (C=O) groups is 2. The van der Waals surface area contributed by atoms with E-state index in [1.807, 2.05) is 0 Å². The van der Waals surface area contributed by atoms with Gasteiger partial charge in [-0.25, -0.2) is 9.78 Å². The average Bonchev–Trinajstić information content (AvgIpc) is 2.75. The first-order valence-corrected chi connectivity index (χ1v) is 9.57. The quantitative estimate of drug-likeness (QED) is 0.580. The van der Waals surface area contributed by atoms with Crippen LogP contribution in [0.1, 0.15) is 23.0 Å². The monoisotopic (exact) mass is 425 g/mol. The Morgan fingerprint density at radius 2 is 1.84 bits per heavy atom. The summed E-state index contributed by atoms with van der Waals surface area (Å²) < 4.78 is 16.9. The minimum atomic E-state index is -0.746. The van der Waals surface area contributed by atoms with Gasteiger partial charge in [0.2, 0.25) is 11.3 Å². The highest BCUT2D eigenvalue weighted by molar-refractivity contribution is 5.95. The number of pyridine rings is 2. The van der Waals surface area contributed by atoms with Crippen LogP contribution in [0.25, 0.3) is 11.0 Å². The van der Waals surface area contributed by atoms with Crippen LogP contribution < -0.4 is 20.2 Å². The molecule has 2 heterocycles. The first-order valence-electron chi connectivity index (χ1n) is 9.57. The van der Waals surface area contributed by atoms with Crippen molar-refractivity contribution >= 4 is 28.6 Å². The van der Waals surface area contributed by atoms with E-state index >= 15 is 0 Å². The molecule has 162 valence electrons. The van der Waals surface area contributed by atoms with Crippen LogP contribution in [0, 0.1) is 6.92 Å². The molecule has 1 N–H and O–H groups in total. The van der Waals surface area contributed by atoms with Crippen LogP contribution in [0.3, 0.4) is 0 Å². The van der Waals surface area contributed by atoms with Gasteiger partial charge in [0.1, 0.15) is 17.8 Å². The van der Waals surface area contributed by atoms with Gasteiger partial charge in [0.25, 0.3) is 0 Å². The SMILES string of the molecule is CCOC(=O)c1cn(CC(=O)Nc2ccc(OC)c(OC)c2)c2nc(C)ccc2c1=O. The average molecular weight is 425 g/mol. The molecule has 3 rings (SSSR count). The van der Waals surface area contributed by atoms with Gasteiger partial charge in [-0.05, 0) is 38.1 Å². The minimum absolute atomic E-state index is 0.127. The molecule has 0 spiro atoms. The highest BCUT2D eigenvalue weighted by Crippen LogP contribution is 2.29. The molecule has 3 aromatic rings. The van der Waals surface area contributed by atoms with Gasteiger partial charge in [-0.2, -0.15) is 0 Å². The fourth-order valence-corrected chi connectivity index (χ4v) is 3.10. The summed E-state index contributed by atoms with van der Waals surface area (Å²) in [7, 11) is 3.02. The summed E-state index contributed by atoms with van der Waals surface area (Å²) in [5.41, 5.74) is 0.838. The number of nitrogens with zero attached hydrogens (tertiary/aromatic N) is 2. The Kier molecular flexibility index (Phi) is 6.54. The smallest absolute Gasteiger partial charge is 0.343 e.